The summed E-state index contributed by atoms with van der Waals surface area (Å²) in [4.78, 5) is 4.35. The topological polar surface area (TPSA) is 49.8 Å². The van der Waals surface area contributed by atoms with Crippen molar-refractivity contribution >= 4 is 0 Å². The minimum absolute atomic E-state index is 0.239. The molecule has 0 bridgehead atoms. The highest BCUT2D eigenvalue weighted by molar-refractivity contribution is 5.35. The fourth-order valence-electron chi connectivity index (χ4n) is 2.44. The fraction of sp³-hybridized carbons (Fsp3) is 0.611. The van der Waals surface area contributed by atoms with Crippen molar-refractivity contribution in [3.8, 4) is 17.6 Å². The third kappa shape index (κ3) is 4.44. The first-order chi connectivity index (χ1) is 11.2. The monoisotopic (exact) mass is 317 g/mol. The molecule has 0 atom stereocenters. The highest BCUT2D eigenvalue weighted by Crippen LogP contribution is 2.38. The van der Waals surface area contributed by atoms with E-state index in [1.54, 1.807) is 20.4 Å². The molecule has 3 rings (SSSR count). The molecule has 1 heterocycles. The summed E-state index contributed by atoms with van der Waals surface area (Å²) in [6, 6.07) is 3.81. The molecule has 0 aliphatic heterocycles. The van der Waals surface area contributed by atoms with Crippen LogP contribution in [0.3, 0.4) is 0 Å². The van der Waals surface area contributed by atoms with Crippen LogP contribution in [0.1, 0.15) is 31.4 Å². The minimum atomic E-state index is -0.281. The third-order valence-corrected chi connectivity index (χ3v) is 4.21. The van der Waals surface area contributed by atoms with Crippen molar-refractivity contribution in [2.75, 3.05) is 27.4 Å². The van der Waals surface area contributed by atoms with Gasteiger partial charge < -0.3 is 18.9 Å². The van der Waals surface area contributed by atoms with Crippen LogP contribution in [0.25, 0.3) is 0 Å². The third-order valence-electron chi connectivity index (χ3n) is 4.21. The molecule has 0 N–H and O–H groups in total. The second kappa shape index (κ2) is 7.31. The fourth-order valence-corrected chi connectivity index (χ4v) is 2.44. The number of hydrogen-bond donors (Lipinski definition) is 0. The molecule has 2 aliphatic rings. The summed E-state index contributed by atoms with van der Waals surface area (Å²) >= 11 is 0. The van der Waals surface area contributed by atoms with E-state index >= 15 is 0 Å². The molecular formula is C18H23NO4. The van der Waals surface area contributed by atoms with Crippen molar-refractivity contribution in [1.82, 2.24) is 4.98 Å². The van der Waals surface area contributed by atoms with Gasteiger partial charge in [-0.1, -0.05) is 5.92 Å². The molecule has 0 spiro atoms. The quantitative estimate of drug-likeness (QED) is 0.570. The Morgan fingerprint density at radius 1 is 1.17 bits per heavy atom. The van der Waals surface area contributed by atoms with Crippen LogP contribution in [0.2, 0.25) is 0 Å². The van der Waals surface area contributed by atoms with Gasteiger partial charge in [0, 0.05) is 27.1 Å². The number of aromatic nitrogens is 1. The van der Waals surface area contributed by atoms with Crippen LogP contribution in [-0.4, -0.2) is 50.2 Å². The van der Waals surface area contributed by atoms with Gasteiger partial charge >= 0.3 is 0 Å². The van der Waals surface area contributed by atoms with Gasteiger partial charge in [-0.3, -0.25) is 0 Å². The van der Waals surface area contributed by atoms with Gasteiger partial charge in [0.1, 0.15) is 23.1 Å². The molecule has 124 valence electrons. The van der Waals surface area contributed by atoms with E-state index in [4.69, 9.17) is 18.9 Å². The number of rotatable bonds is 7. The van der Waals surface area contributed by atoms with Gasteiger partial charge in [0.15, 0.2) is 0 Å². The van der Waals surface area contributed by atoms with Gasteiger partial charge in [0.05, 0.1) is 25.5 Å². The highest BCUT2D eigenvalue weighted by atomic mass is 16.5. The van der Waals surface area contributed by atoms with E-state index in [-0.39, 0.29) is 11.7 Å². The molecule has 5 nitrogen and oxygen atoms in total. The molecule has 1 aromatic rings. The molecule has 0 unspecified atom stereocenters. The van der Waals surface area contributed by atoms with Crippen LogP contribution in [0.5, 0.6) is 5.75 Å². The maximum absolute atomic E-state index is 5.83. The number of ether oxygens (including phenoxy) is 4. The summed E-state index contributed by atoms with van der Waals surface area (Å²) in [7, 11) is 3.41. The van der Waals surface area contributed by atoms with E-state index in [1.807, 2.05) is 12.1 Å². The highest BCUT2D eigenvalue weighted by Gasteiger charge is 2.42. The Balaban J connectivity index is 1.49. The number of hydrogen-bond acceptors (Lipinski definition) is 5. The predicted octanol–water partition coefficient (Wildman–Crippen LogP) is 2.18. The summed E-state index contributed by atoms with van der Waals surface area (Å²) in [6.07, 6.45) is 6.16. The van der Waals surface area contributed by atoms with E-state index in [0.29, 0.717) is 19.3 Å². The summed E-state index contributed by atoms with van der Waals surface area (Å²) in [5.74, 6) is 7.08. The van der Waals surface area contributed by atoms with Gasteiger partial charge in [-0.15, -0.1) is 0 Å². The van der Waals surface area contributed by atoms with Gasteiger partial charge in [-0.05, 0) is 30.9 Å². The molecule has 2 aliphatic carbocycles. The smallest absolute Gasteiger partial charge is 0.138 e. The van der Waals surface area contributed by atoms with Crippen LogP contribution in [0.15, 0.2) is 18.3 Å². The Labute approximate surface area is 137 Å². The summed E-state index contributed by atoms with van der Waals surface area (Å²) in [5.41, 5.74) is 0.457. The Morgan fingerprint density at radius 3 is 2.61 bits per heavy atom. The average molecular weight is 317 g/mol. The van der Waals surface area contributed by atoms with E-state index in [0.717, 1.165) is 37.1 Å². The van der Waals surface area contributed by atoms with Gasteiger partial charge in [-0.25, -0.2) is 4.98 Å². The molecule has 2 saturated carbocycles. The first kappa shape index (κ1) is 16.3. The van der Waals surface area contributed by atoms with E-state index in [2.05, 4.69) is 16.8 Å². The Hall–Kier alpha value is -1.61. The van der Waals surface area contributed by atoms with Crippen LogP contribution < -0.4 is 4.74 Å². The standard InChI is InChI=1S/C18H23NO4/c1-20-9-10-22-18(7-8-18)6-5-14-3-4-15(13-19-14)23-17-11-16(12-17)21-2/h3-4,13,16-17H,7-12H2,1-2H3. The molecule has 0 radical (unpaired) electrons. The zero-order valence-electron chi connectivity index (χ0n) is 13.7. The van der Waals surface area contributed by atoms with E-state index < -0.39 is 0 Å². The zero-order chi connectivity index (χ0) is 16.1. The van der Waals surface area contributed by atoms with Gasteiger partial charge in [0.25, 0.3) is 0 Å². The zero-order valence-corrected chi connectivity index (χ0v) is 13.7. The largest absolute Gasteiger partial charge is 0.489 e. The molecular weight excluding hydrogens is 294 g/mol. The molecule has 0 amide bonds. The molecule has 5 heteroatoms. The average Bonchev–Trinajstić information content (AvgIpc) is 3.30. The molecule has 23 heavy (non-hydrogen) atoms. The normalized spacial score (nSPS) is 24.3. The predicted molar refractivity (Wildman–Crippen MR) is 85.4 cm³/mol. The van der Waals surface area contributed by atoms with Crippen LogP contribution in [-0.2, 0) is 14.2 Å². The summed E-state index contributed by atoms with van der Waals surface area (Å²) in [5, 5.41) is 0. The lowest BCUT2D eigenvalue weighted by molar-refractivity contribution is -0.0382. The number of pyridine rings is 1. The van der Waals surface area contributed by atoms with E-state index in [9.17, 15) is 0 Å². The van der Waals surface area contributed by atoms with Gasteiger partial charge in [0.2, 0.25) is 0 Å². The minimum Gasteiger partial charge on any atom is -0.489 e. The first-order valence-corrected chi connectivity index (χ1v) is 8.04. The van der Waals surface area contributed by atoms with Crippen molar-refractivity contribution in [1.29, 1.82) is 0 Å². The van der Waals surface area contributed by atoms with E-state index in [1.165, 1.54) is 0 Å². The molecule has 2 fully saturated rings. The van der Waals surface area contributed by atoms with Crippen molar-refractivity contribution < 1.29 is 18.9 Å². The first-order valence-electron chi connectivity index (χ1n) is 8.04. The van der Waals surface area contributed by atoms with Crippen molar-refractivity contribution in [2.24, 2.45) is 0 Å². The SMILES string of the molecule is COCCOC1(C#Cc2ccc(OC3CC(OC)C3)cn2)CC1. The lowest BCUT2D eigenvalue weighted by Crippen LogP contribution is -2.38. The molecule has 0 saturated heterocycles. The lowest BCUT2D eigenvalue weighted by atomic mass is 9.92. The van der Waals surface area contributed by atoms with Gasteiger partial charge in [-0.2, -0.15) is 0 Å². The summed E-state index contributed by atoms with van der Waals surface area (Å²) < 4.78 is 21.8. The lowest BCUT2D eigenvalue weighted by Gasteiger charge is -2.33. The van der Waals surface area contributed by atoms with Crippen LogP contribution in [0, 0.1) is 11.8 Å². The molecule has 0 aromatic carbocycles. The Morgan fingerprint density at radius 2 is 2.00 bits per heavy atom. The Kier molecular flexibility index (Phi) is 5.16. The number of methoxy groups -OCH3 is 2. The van der Waals surface area contributed by atoms with Crippen molar-refractivity contribution in [3.63, 3.8) is 0 Å². The second-order valence-electron chi connectivity index (χ2n) is 6.03. The maximum atomic E-state index is 5.83. The van der Waals surface area contributed by atoms with Crippen molar-refractivity contribution in [3.05, 3.63) is 24.0 Å². The second-order valence-corrected chi connectivity index (χ2v) is 6.03. The van der Waals surface area contributed by atoms with Crippen molar-refractivity contribution in [2.45, 2.75) is 43.5 Å². The van der Waals surface area contributed by atoms with Crippen LogP contribution in [0.4, 0.5) is 0 Å². The number of nitrogens with zero attached hydrogens (tertiary/aromatic N) is 1. The molecule has 1 aromatic heterocycles. The Bertz CT molecular complexity index is 565. The van der Waals surface area contributed by atoms with Crippen LogP contribution >= 0.6 is 0 Å². The summed E-state index contributed by atoms with van der Waals surface area (Å²) in [6.45, 7) is 1.17. The maximum Gasteiger partial charge on any atom is 0.138 e.